The number of hydrogen-bond acceptors (Lipinski definition) is 3. The van der Waals surface area contributed by atoms with E-state index in [1.165, 1.54) is 11.3 Å². The summed E-state index contributed by atoms with van der Waals surface area (Å²) in [6.07, 6.45) is 1.62. The first-order valence-electron chi connectivity index (χ1n) is 7.18. The zero-order valence-electron chi connectivity index (χ0n) is 12.9. The van der Waals surface area contributed by atoms with Gasteiger partial charge in [-0.2, -0.15) is 5.10 Å². The molecule has 2 heterocycles. The van der Waals surface area contributed by atoms with E-state index in [-0.39, 0.29) is 11.5 Å². The quantitative estimate of drug-likeness (QED) is 0.889. The van der Waals surface area contributed by atoms with Crippen molar-refractivity contribution < 1.29 is 5.11 Å². The van der Waals surface area contributed by atoms with Crippen LogP contribution in [0.3, 0.4) is 0 Å². The smallest absolute Gasteiger partial charge is 0.0641 e. The molecule has 4 heteroatoms. The Morgan fingerprint density at radius 3 is 2.63 bits per heavy atom. The fourth-order valence-electron chi connectivity index (χ4n) is 3.23. The predicted molar refractivity (Wildman–Crippen MR) is 77.0 cm³/mol. The predicted octanol–water partition coefficient (Wildman–Crippen LogP) is 2.02. The van der Waals surface area contributed by atoms with E-state index in [1.54, 1.807) is 0 Å². The van der Waals surface area contributed by atoms with Crippen molar-refractivity contribution in [1.82, 2.24) is 14.7 Å². The number of rotatable bonds is 2. The second-order valence-electron chi connectivity index (χ2n) is 6.79. The molecule has 108 valence electrons. The average Bonchev–Trinajstić information content (AvgIpc) is 2.45. The van der Waals surface area contributed by atoms with Crippen LogP contribution in [0.1, 0.15) is 43.6 Å². The number of likely N-dealkylation sites (tertiary alicyclic amines) is 1. The lowest BCUT2D eigenvalue weighted by molar-refractivity contribution is 0.121. The molecule has 1 aliphatic rings. The van der Waals surface area contributed by atoms with E-state index >= 15 is 0 Å². The molecule has 0 bridgehead atoms. The Balaban J connectivity index is 2.14. The van der Waals surface area contributed by atoms with Gasteiger partial charge in [0.05, 0.1) is 11.8 Å². The lowest BCUT2D eigenvalue weighted by Crippen LogP contribution is -2.32. The van der Waals surface area contributed by atoms with Crippen LogP contribution >= 0.6 is 0 Å². The van der Waals surface area contributed by atoms with Gasteiger partial charge < -0.3 is 5.11 Å². The molecule has 0 spiro atoms. The molecule has 1 aliphatic heterocycles. The largest absolute Gasteiger partial charge is 0.393 e. The van der Waals surface area contributed by atoms with Gasteiger partial charge in [-0.25, -0.2) is 0 Å². The first kappa shape index (κ1) is 14.5. The minimum Gasteiger partial charge on any atom is -0.393 e. The van der Waals surface area contributed by atoms with Crippen molar-refractivity contribution in [3.63, 3.8) is 0 Å². The molecule has 1 atom stereocenters. The standard InChI is InChI=1S/C15H27N3O/c1-11-14(12(2)17(5)16-11)9-18-7-6-13(19)8-15(3,4)10-18/h13,19H,6-10H2,1-5H3/t13-/m0/s1. The second kappa shape index (κ2) is 5.25. The van der Waals surface area contributed by atoms with Crippen LogP contribution in [-0.4, -0.2) is 39.0 Å². The fraction of sp³-hybridized carbons (Fsp3) is 0.800. The highest BCUT2D eigenvalue weighted by atomic mass is 16.3. The number of aryl methyl sites for hydroxylation is 2. The normalized spacial score (nSPS) is 24.4. The van der Waals surface area contributed by atoms with Crippen molar-refractivity contribution in [3.05, 3.63) is 17.0 Å². The van der Waals surface area contributed by atoms with E-state index in [1.807, 2.05) is 11.7 Å². The molecule has 1 aromatic rings. The number of aromatic nitrogens is 2. The summed E-state index contributed by atoms with van der Waals surface area (Å²) in [7, 11) is 2.00. The van der Waals surface area contributed by atoms with Crippen LogP contribution in [0.5, 0.6) is 0 Å². The van der Waals surface area contributed by atoms with Gasteiger partial charge in [-0.05, 0) is 32.1 Å². The van der Waals surface area contributed by atoms with Crippen molar-refractivity contribution in [2.45, 2.75) is 53.2 Å². The summed E-state index contributed by atoms with van der Waals surface area (Å²) in [4.78, 5) is 2.47. The molecule has 4 nitrogen and oxygen atoms in total. The number of nitrogens with zero attached hydrogens (tertiary/aromatic N) is 3. The molecule has 19 heavy (non-hydrogen) atoms. The lowest BCUT2D eigenvalue weighted by Gasteiger charge is -2.29. The van der Waals surface area contributed by atoms with Gasteiger partial charge in [0.1, 0.15) is 0 Å². The van der Waals surface area contributed by atoms with Crippen molar-refractivity contribution in [3.8, 4) is 0 Å². The van der Waals surface area contributed by atoms with Gasteiger partial charge in [-0.15, -0.1) is 0 Å². The maximum absolute atomic E-state index is 9.98. The third kappa shape index (κ3) is 3.37. The molecule has 1 fully saturated rings. The van der Waals surface area contributed by atoms with Crippen LogP contribution in [0.25, 0.3) is 0 Å². The highest BCUT2D eigenvalue weighted by Crippen LogP contribution is 2.29. The van der Waals surface area contributed by atoms with Crippen LogP contribution in [-0.2, 0) is 13.6 Å². The van der Waals surface area contributed by atoms with Crippen LogP contribution in [0.15, 0.2) is 0 Å². The first-order valence-corrected chi connectivity index (χ1v) is 7.18. The van der Waals surface area contributed by atoms with Crippen molar-refractivity contribution >= 4 is 0 Å². The van der Waals surface area contributed by atoms with Gasteiger partial charge in [0, 0.05) is 37.9 Å². The van der Waals surface area contributed by atoms with Crippen molar-refractivity contribution in [2.75, 3.05) is 13.1 Å². The van der Waals surface area contributed by atoms with Crippen LogP contribution in [0.4, 0.5) is 0 Å². The average molecular weight is 265 g/mol. The summed E-state index contributed by atoms with van der Waals surface area (Å²) in [5.74, 6) is 0. The van der Waals surface area contributed by atoms with E-state index in [0.717, 1.165) is 38.2 Å². The van der Waals surface area contributed by atoms with Gasteiger partial charge in [0.25, 0.3) is 0 Å². The van der Waals surface area contributed by atoms with E-state index < -0.39 is 0 Å². The maximum atomic E-state index is 9.98. The Morgan fingerprint density at radius 1 is 1.37 bits per heavy atom. The minimum atomic E-state index is -0.156. The highest BCUT2D eigenvalue weighted by molar-refractivity contribution is 5.24. The minimum absolute atomic E-state index is 0.156. The zero-order valence-corrected chi connectivity index (χ0v) is 12.9. The van der Waals surface area contributed by atoms with Gasteiger partial charge >= 0.3 is 0 Å². The van der Waals surface area contributed by atoms with Crippen LogP contribution in [0, 0.1) is 19.3 Å². The topological polar surface area (TPSA) is 41.3 Å². The molecule has 1 aromatic heterocycles. The van der Waals surface area contributed by atoms with E-state index in [0.29, 0.717) is 0 Å². The van der Waals surface area contributed by atoms with Gasteiger partial charge in [-0.3, -0.25) is 9.58 Å². The molecule has 0 unspecified atom stereocenters. The summed E-state index contributed by atoms with van der Waals surface area (Å²) < 4.78 is 1.96. The summed E-state index contributed by atoms with van der Waals surface area (Å²) in [6, 6.07) is 0. The number of aliphatic hydroxyl groups is 1. The summed E-state index contributed by atoms with van der Waals surface area (Å²) >= 11 is 0. The van der Waals surface area contributed by atoms with E-state index in [9.17, 15) is 5.11 Å². The van der Waals surface area contributed by atoms with E-state index in [2.05, 4.69) is 37.7 Å². The Bertz CT molecular complexity index is 450. The molecule has 0 amide bonds. The Kier molecular flexibility index (Phi) is 4.02. The lowest BCUT2D eigenvalue weighted by atomic mass is 9.87. The molecule has 0 aliphatic carbocycles. The molecule has 1 N–H and O–H groups in total. The zero-order chi connectivity index (χ0) is 14.2. The number of hydrogen-bond donors (Lipinski definition) is 1. The summed E-state index contributed by atoms with van der Waals surface area (Å²) in [5, 5.41) is 14.5. The van der Waals surface area contributed by atoms with Gasteiger partial charge in [0.2, 0.25) is 0 Å². The van der Waals surface area contributed by atoms with Gasteiger partial charge in [0.15, 0.2) is 0 Å². The molecule has 0 aromatic carbocycles. The molecule has 0 radical (unpaired) electrons. The molecule has 2 rings (SSSR count). The molecular weight excluding hydrogens is 238 g/mol. The van der Waals surface area contributed by atoms with Crippen LogP contribution < -0.4 is 0 Å². The van der Waals surface area contributed by atoms with Crippen molar-refractivity contribution in [2.24, 2.45) is 12.5 Å². The highest BCUT2D eigenvalue weighted by Gasteiger charge is 2.29. The summed E-state index contributed by atoms with van der Waals surface area (Å²) in [6.45, 7) is 11.7. The third-order valence-corrected chi connectivity index (χ3v) is 4.26. The fourth-order valence-corrected chi connectivity index (χ4v) is 3.23. The summed E-state index contributed by atoms with van der Waals surface area (Å²) in [5.41, 5.74) is 3.90. The number of aliphatic hydroxyl groups excluding tert-OH is 1. The monoisotopic (exact) mass is 265 g/mol. The Morgan fingerprint density at radius 2 is 2.05 bits per heavy atom. The maximum Gasteiger partial charge on any atom is 0.0641 e. The van der Waals surface area contributed by atoms with Crippen LogP contribution in [0.2, 0.25) is 0 Å². The Hall–Kier alpha value is -0.870. The Labute approximate surface area is 116 Å². The van der Waals surface area contributed by atoms with E-state index in [4.69, 9.17) is 0 Å². The second-order valence-corrected chi connectivity index (χ2v) is 6.79. The molecular formula is C15H27N3O. The van der Waals surface area contributed by atoms with Crippen molar-refractivity contribution in [1.29, 1.82) is 0 Å². The molecule has 1 saturated heterocycles. The third-order valence-electron chi connectivity index (χ3n) is 4.26. The SMILES string of the molecule is Cc1nn(C)c(C)c1CN1CC[C@H](O)CC(C)(C)C1. The first-order chi connectivity index (χ1) is 8.78. The molecule has 0 saturated carbocycles. The van der Waals surface area contributed by atoms with Gasteiger partial charge in [-0.1, -0.05) is 13.8 Å².